The molecule has 1 aromatic carbocycles. The van der Waals surface area contributed by atoms with Gasteiger partial charge in [-0.3, -0.25) is 4.79 Å². The second kappa shape index (κ2) is 4.03. The summed E-state index contributed by atoms with van der Waals surface area (Å²) in [6.07, 6.45) is -3.67. The lowest BCUT2D eigenvalue weighted by Crippen LogP contribution is -2.44. The van der Waals surface area contributed by atoms with Gasteiger partial charge < -0.3 is 0 Å². The highest BCUT2D eigenvalue weighted by Gasteiger charge is 2.63. The van der Waals surface area contributed by atoms with E-state index in [9.17, 15) is 26.7 Å². The number of fused-ring (bicyclic) bond motifs is 1. The van der Waals surface area contributed by atoms with E-state index in [-0.39, 0.29) is 0 Å². The zero-order valence-corrected chi connectivity index (χ0v) is 9.15. The van der Waals surface area contributed by atoms with Crippen molar-refractivity contribution in [1.82, 2.24) is 0 Å². The minimum Gasteiger partial charge on any atom is -0.287 e. The molecule has 0 N–H and O–H groups in total. The SMILES string of the molecule is O=C(c1ccc2c(c1)CCC2)C(F)(F)C(F)(F)F. The number of alkyl halides is 5. The molecule has 1 aliphatic rings. The minimum atomic E-state index is -5.86. The zero-order valence-electron chi connectivity index (χ0n) is 9.15. The van der Waals surface area contributed by atoms with Gasteiger partial charge in [0, 0.05) is 5.56 Å². The van der Waals surface area contributed by atoms with Gasteiger partial charge in [-0.2, -0.15) is 22.0 Å². The van der Waals surface area contributed by atoms with Gasteiger partial charge in [-0.25, -0.2) is 0 Å². The van der Waals surface area contributed by atoms with Crippen LogP contribution in [0.15, 0.2) is 18.2 Å². The molecule has 0 spiro atoms. The Balaban J connectivity index is 2.35. The molecule has 1 nitrogen and oxygen atoms in total. The topological polar surface area (TPSA) is 17.1 Å². The Kier molecular flexibility index (Phi) is 2.91. The van der Waals surface area contributed by atoms with Gasteiger partial charge in [0.25, 0.3) is 0 Å². The number of hydrogen-bond acceptors (Lipinski definition) is 1. The Morgan fingerprint density at radius 1 is 1.00 bits per heavy atom. The molecule has 0 amide bonds. The van der Waals surface area contributed by atoms with Crippen molar-refractivity contribution in [3.8, 4) is 0 Å². The third-order valence-corrected chi connectivity index (χ3v) is 3.00. The first-order valence-electron chi connectivity index (χ1n) is 5.34. The molecule has 6 heteroatoms. The van der Waals surface area contributed by atoms with Crippen LogP contribution in [-0.2, 0) is 12.8 Å². The monoisotopic (exact) mass is 264 g/mol. The molecule has 2 rings (SSSR count). The van der Waals surface area contributed by atoms with Gasteiger partial charge in [-0.1, -0.05) is 12.1 Å². The van der Waals surface area contributed by atoms with Gasteiger partial charge in [0.15, 0.2) is 0 Å². The van der Waals surface area contributed by atoms with Crippen molar-refractivity contribution in [2.24, 2.45) is 0 Å². The first-order valence-corrected chi connectivity index (χ1v) is 5.34. The van der Waals surface area contributed by atoms with Crippen molar-refractivity contribution in [2.45, 2.75) is 31.4 Å². The number of carbonyl (C=O) groups is 1. The van der Waals surface area contributed by atoms with Crippen LogP contribution in [0.3, 0.4) is 0 Å². The van der Waals surface area contributed by atoms with Crippen LogP contribution >= 0.6 is 0 Å². The summed E-state index contributed by atoms with van der Waals surface area (Å²) in [7, 11) is 0. The van der Waals surface area contributed by atoms with Crippen LogP contribution in [0, 0.1) is 0 Å². The maximum Gasteiger partial charge on any atom is 0.461 e. The normalized spacial score (nSPS) is 15.6. The van der Waals surface area contributed by atoms with Crippen LogP contribution in [-0.4, -0.2) is 17.9 Å². The van der Waals surface area contributed by atoms with Crippen molar-refractivity contribution in [3.63, 3.8) is 0 Å². The molecule has 0 saturated heterocycles. The maximum atomic E-state index is 12.9. The maximum absolute atomic E-state index is 12.9. The summed E-state index contributed by atoms with van der Waals surface area (Å²) in [5.41, 5.74) is 0.999. The first kappa shape index (κ1) is 13.0. The molecule has 0 heterocycles. The summed E-state index contributed by atoms with van der Waals surface area (Å²) in [5, 5.41) is 0. The summed E-state index contributed by atoms with van der Waals surface area (Å²) in [5.74, 6) is -7.52. The summed E-state index contributed by atoms with van der Waals surface area (Å²) < 4.78 is 62.0. The Morgan fingerprint density at radius 2 is 1.61 bits per heavy atom. The highest BCUT2D eigenvalue weighted by molar-refractivity contribution is 6.02. The molecule has 1 aliphatic carbocycles. The zero-order chi connectivity index (χ0) is 13.6. The van der Waals surface area contributed by atoms with Gasteiger partial charge in [0.2, 0.25) is 5.78 Å². The van der Waals surface area contributed by atoms with E-state index in [1.165, 1.54) is 6.07 Å². The lowest BCUT2D eigenvalue weighted by atomic mass is 10.0. The largest absolute Gasteiger partial charge is 0.461 e. The Hall–Kier alpha value is -1.46. The number of carbonyl (C=O) groups excluding carboxylic acids is 1. The summed E-state index contributed by atoms with van der Waals surface area (Å²) in [6, 6.07) is 3.62. The van der Waals surface area contributed by atoms with Gasteiger partial charge in [0.05, 0.1) is 0 Å². The highest BCUT2D eigenvalue weighted by atomic mass is 19.4. The molecule has 0 radical (unpaired) electrons. The molecule has 0 bridgehead atoms. The van der Waals surface area contributed by atoms with Crippen molar-refractivity contribution in [1.29, 1.82) is 0 Å². The third kappa shape index (κ3) is 2.00. The van der Waals surface area contributed by atoms with Crippen LogP contribution in [0.5, 0.6) is 0 Å². The fourth-order valence-corrected chi connectivity index (χ4v) is 2.02. The summed E-state index contributed by atoms with van der Waals surface area (Å²) in [6.45, 7) is 0. The van der Waals surface area contributed by atoms with Crippen molar-refractivity contribution in [3.05, 3.63) is 34.9 Å². The minimum absolute atomic E-state index is 0.585. The van der Waals surface area contributed by atoms with Gasteiger partial charge in [0.1, 0.15) is 0 Å². The average Bonchev–Trinajstić information content (AvgIpc) is 2.73. The molecule has 0 aromatic heterocycles. The van der Waals surface area contributed by atoms with E-state index in [0.29, 0.717) is 12.0 Å². The molecule has 98 valence electrons. The van der Waals surface area contributed by atoms with Crippen LogP contribution in [0.2, 0.25) is 0 Å². The van der Waals surface area contributed by atoms with E-state index in [1.807, 2.05) is 0 Å². The van der Waals surface area contributed by atoms with Crippen LogP contribution in [0.25, 0.3) is 0 Å². The van der Waals surface area contributed by atoms with Gasteiger partial charge >= 0.3 is 12.1 Å². The average molecular weight is 264 g/mol. The van der Waals surface area contributed by atoms with Crippen LogP contribution in [0.4, 0.5) is 22.0 Å². The number of halogens is 5. The predicted molar refractivity (Wildman–Crippen MR) is 53.8 cm³/mol. The Bertz CT molecular complexity index is 490. The molecule has 18 heavy (non-hydrogen) atoms. The number of hydrogen-bond donors (Lipinski definition) is 0. The molecular formula is C12H9F5O. The lowest BCUT2D eigenvalue weighted by Gasteiger charge is -2.18. The van der Waals surface area contributed by atoms with Crippen molar-refractivity contribution in [2.75, 3.05) is 0 Å². The standard InChI is InChI=1S/C12H9F5O/c13-11(14,12(15,16)17)10(18)9-5-4-7-2-1-3-8(7)6-9/h4-6H,1-3H2. The van der Waals surface area contributed by atoms with E-state index < -0.39 is 23.4 Å². The molecule has 0 aliphatic heterocycles. The van der Waals surface area contributed by atoms with Crippen LogP contribution in [0.1, 0.15) is 27.9 Å². The highest BCUT2D eigenvalue weighted by Crippen LogP contribution is 2.38. The van der Waals surface area contributed by atoms with E-state index >= 15 is 0 Å². The molecular weight excluding hydrogens is 255 g/mol. The number of benzene rings is 1. The quantitative estimate of drug-likeness (QED) is 0.589. The number of rotatable bonds is 2. The van der Waals surface area contributed by atoms with Crippen molar-refractivity contribution < 1.29 is 26.7 Å². The Morgan fingerprint density at radius 3 is 2.22 bits per heavy atom. The number of aryl methyl sites for hydroxylation is 2. The first-order chi connectivity index (χ1) is 8.23. The molecule has 0 atom stereocenters. The van der Waals surface area contributed by atoms with Crippen molar-refractivity contribution >= 4 is 5.78 Å². The van der Waals surface area contributed by atoms with E-state index in [1.54, 1.807) is 0 Å². The Labute approximate surface area is 99.6 Å². The summed E-state index contributed by atoms with van der Waals surface area (Å²) in [4.78, 5) is 11.2. The van der Waals surface area contributed by atoms with E-state index in [2.05, 4.69) is 0 Å². The lowest BCUT2D eigenvalue weighted by molar-refractivity contribution is -0.255. The number of Topliss-reactive ketones (excluding diaryl/α,β-unsaturated/α-hetero) is 1. The summed E-state index contributed by atoms with van der Waals surface area (Å²) >= 11 is 0. The van der Waals surface area contributed by atoms with Crippen LogP contribution < -0.4 is 0 Å². The predicted octanol–water partition coefficient (Wildman–Crippen LogP) is 3.56. The van der Waals surface area contributed by atoms with E-state index in [0.717, 1.165) is 30.5 Å². The van der Waals surface area contributed by atoms with Gasteiger partial charge in [-0.05, 0) is 36.5 Å². The molecule has 0 saturated carbocycles. The molecule has 0 fully saturated rings. The van der Waals surface area contributed by atoms with Gasteiger partial charge in [-0.15, -0.1) is 0 Å². The smallest absolute Gasteiger partial charge is 0.287 e. The second-order valence-electron chi connectivity index (χ2n) is 4.24. The molecule has 0 unspecified atom stereocenters. The number of ketones is 1. The fourth-order valence-electron chi connectivity index (χ4n) is 2.02. The molecule has 1 aromatic rings. The fraction of sp³-hybridized carbons (Fsp3) is 0.417. The van der Waals surface area contributed by atoms with E-state index in [4.69, 9.17) is 0 Å². The second-order valence-corrected chi connectivity index (χ2v) is 4.24. The third-order valence-electron chi connectivity index (χ3n) is 3.00.